The second kappa shape index (κ2) is 6.39. The molecule has 0 unspecified atom stereocenters. The molecule has 0 radical (unpaired) electrons. The van der Waals surface area contributed by atoms with Crippen molar-refractivity contribution in [3.63, 3.8) is 0 Å². The van der Waals surface area contributed by atoms with Crippen molar-refractivity contribution in [2.24, 2.45) is 0 Å². The molecule has 2 aromatic carbocycles. The summed E-state index contributed by atoms with van der Waals surface area (Å²) < 4.78 is 0. The summed E-state index contributed by atoms with van der Waals surface area (Å²) in [6.45, 7) is 1.87. The molecule has 0 spiro atoms. The summed E-state index contributed by atoms with van der Waals surface area (Å²) in [7, 11) is -0.591. The quantitative estimate of drug-likeness (QED) is 0.852. The van der Waals surface area contributed by atoms with Crippen molar-refractivity contribution in [2.75, 3.05) is 0 Å². The van der Waals surface area contributed by atoms with Crippen LogP contribution in [0.2, 0.25) is 0 Å². The fraction of sp³-hybridized carbons (Fsp3) is 0.158. The Morgan fingerprint density at radius 1 is 0.905 bits per heavy atom. The maximum atomic E-state index is 10.1. The lowest BCUT2D eigenvalue weighted by Crippen LogP contribution is -2.14. The minimum atomic E-state index is -0.591. The zero-order valence-electron chi connectivity index (χ0n) is 12.1. The van der Waals surface area contributed by atoms with Crippen molar-refractivity contribution in [3.8, 4) is 0 Å². The average molecular weight is 294 g/mol. The summed E-state index contributed by atoms with van der Waals surface area (Å²) >= 11 is 0. The number of rotatable bonds is 4. The first-order valence-corrected chi connectivity index (χ1v) is 8.59. The molecule has 0 aliphatic heterocycles. The van der Waals surface area contributed by atoms with Crippen molar-refractivity contribution in [2.45, 2.75) is 19.4 Å². The molecule has 0 aromatic heterocycles. The van der Waals surface area contributed by atoms with E-state index in [0.717, 1.165) is 12.0 Å². The van der Waals surface area contributed by atoms with Crippen molar-refractivity contribution < 1.29 is 5.11 Å². The number of aliphatic hydroxyl groups excluding tert-OH is 1. The second-order valence-electron chi connectivity index (χ2n) is 5.20. The first-order chi connectivity index (χ1) is 10.3. The fourth-order valence-electron chi connectivity index (χ4n) is 2.69. The number of aliphatic hydroxyl groups is 1. The van der Waals surface area contributed by atoms with Crippen LogP contribution in [0.5, 0.6) is 0 Å². The first kappa shape index (κ1) is 14.3. The molecule has 2 heteroatoms. The third-order valence-electron chi connectivity index (χ3n) is 3.72. The van der Waals surface area contributed by atoms with Gasteiger partial charge in [0, 0.05) is 0 Å². The summed E-state index contributed by atoms with van der Waals surface area (Å²) in [5.41, 5.74) is 1.16. The zero-order valence-corrected chi connectivity index (χ0v) is 13.0. The van der Waals surface area contributed by atoms with Crippen molar-refractivity contribution in [1.82, 2.24) is 0 Å². The van der Waals surface area contributed by atoms with Crippen molar-refractivity contribution in [1.29, 1.82) is 0 Å². The largest absolute Gasteiger partial charge is 0.389 e. The van der Waals surface area contributed by atoms with E-state index in [9.17, 15) is 5.11 Å². The number of hydrogen-bond donors (Lipinski definition) is 1. The van der Waals surface area contributed by atoms with Gasteiger partial charge in [0.1, 0.15) is 0 Å². The van der Waals surface area contributed by atoms with Crippen molar-refractivity contribution in [3.05, 3.63) is 83.7 Å². The summed E-state index contributed by atoms with van der Waals surface area (Å²) in [5, 5.41) is 14.0. The maximum Gasteiger partial charge on any atom is 0.0734 e. The van der Waals surface area contributed by atoms with E-state index in [-0.39, 0.29) is 6.10 Å². The standard InChI is InChI=1S/C19H19OP/c1-15(20)18-13-8-14-19(18)21(16-9-4-2-5-10-16)17-11-6-3-7-12-17/h2-12,14-15,20H,13H2,1H3/t15-/m0/s1. The van der Waals surface area contributed by atoms with Crippen LogP contribution in [0.1, 0.15) is 13.3 Å². The molecule has 1 atom stereocenters. The molecular weight excluding hydrogens is 275 g/mol. The molecule has 0 saturated carbocycles. The Kier molecular flexibility index (Phi) is 4.34. The van der Waals surface area contributed by atoms with Gasteiger partial charge in [-0.1, -0.05) is 72.8 Å². The third kappa shape index (κ3) is 3.00. The average Bonchev–Trinajstić information content (AvgIpc) is 2.99. The lowest BCUT2D eigenvalue weighted by Gasteiger charge is -2.22. The van der Waals surface area contributed by atoms with Gasteiger partial charge < -0.3 is 5.11 Å². The molecule has 106 valence electrons. The fourth-order valence-corrected chi connectivity index (χ4v) is 5.31. The third-order valence-corrected chi connectivity index (χ3v) is 6.26. The maximum absolute atomic E-state index is 10.1. The molecule has 0 fully saturated rings. The van der Waals surface area contributed by atoms with Crippen LogP contribution in [-0.4, -0.2) is 11.2 Å². The molecule has 21 heavy (non-hydrogen) atoms. The van der Waals surface area contributed by atoms with Crippen LogP contribution in [0.3, 0.4) is 0 Å². The van der Waals surface area contributed by atoms with Crippen LogP contribution in [0, 0.1) is 0 Å². The van der Waals surface area contributed by atoms with Crippen LogP contribution in [0.4, 0.5) is 0 Å². The second-order valence-corrected chi connectivity index (χ2v) is 7.38. The van der Waals surface area contributed by atoms with E-state index in [0.29, 0.717) is 0 Å². The minimum Gasteiger partial charge on any atom is -0.389 e. The zero-order chi connectivity index (χ0) is 14.7. The van der Waals surface area contributed by atoms with Crippen LogP contribution < -0.4 is 10.6 Å². The Morgan fingerprint density at radius 2 is 1.43 bits per heavy atom. The molecule has 1 N–H and O–H groups in total. The van der Waals surface area contributed by atoms with Crippen LogP contribution in [0.15, 0.2) is 83.7 Å². The smallest absolute Gasteiger partial charge is 0.0734 e. The molecular formula is C19H19OP. The highest BCUT2D eigenvalue weighted by atomic mass is 31.1. The number of hydrogen-bond acceptors (Lipinski definition) is 1. The SMILES string of the molecule is C[C@H](O)C1=C(P(c2ccccc2)c2ccccc2)C=CC1. The normalized spacial score (nSPS) is 15.8. The topological polar surface area (TPSA) is 20.2 Å². The summed E-state index contributed by atoms with van der Waals surface area (Å²) in [4.78, 5) is 0. The highest BCUT2D eigenvalue weighted by molar-refractivity contribution is 7.77. The molecule has 0 bridgehead atoms. The predicted octanol–water partition coefficient (Wildman–Crippen LogP) is 3.71. The van der Waals surface area contributed by atoms with E-state index in [4.69, 9.17) is 0 Å². The van der Waals surface area contributed by atoms with E-state index in [1.807, 2.05) is 6.92 Å². The van der Waals surface area contributed by atoms with Crippen LogP contribution >= 0.6 is 7.92 Å². The summed E-state index contributed by atoms with van der Waals surface area (Å²) in [5.74, 6) is 0. The highest BCUT2D eigenvalue weighted by Crippen LogP contribution is 2.48. The highest BCUT2D eigenvalue weighted by Gasteiger charge is 2.24. The van der Waals surface area contributed by atoms with Gasteiger partial charge in [-0.05, 0) is 42.8 Å². The van der Waals surface area contributed by atoms with Crippen LogP contribution in [-0.2, 0) is 0 Å². The molecule has 0 amide bonds. The molecule has 3 rings (SSSR count). The number of allylic oxidation sites excluding steroid dienone is 3. The predicted molar refractivity (Wildman–Crippen MR) is 91.5 cm³/mol. The minimum absolute atomic E-state index is 0.382. The Bertz CT molecular complexity index is 617. The lowest BCUT2D eigenvalue weighted by atomic mass is 10.1. The van der Waals surface area contributed by atoms with E-state index in [2.05, 4.69) is 72.8 Å². The molecule has 0 saturated heterocycles. The Morgan fingerprint density at radius 3 is 1.90 bits per heavy atom. The number of benzene rings is 2. The van der Waals surface area contributed by atoms with E-state index < -0.39 is 7.92 Å². The molecule has 0 heterocycles. The van der Waals surface area contributed by atoms with Gasteiger partial charge in [-0.3, -0.25) is 0 Å². The van der Waals surface area contributed by atoms with E-state index in [1.165, 1.54) is 15.9 Å². The van der Waals surface area contributed by atoms with Gasteiger partial charge in [0.15, 0.2) is 0 Å². The van der Waals surface area contributed by atoms with Gasteiger partial charge in [-0.15, -0.1) is 0 Å². The van der Waals surface area contributed by atoms with Gasteiger partial charge >= 0.3 is 0 Å². The van der Waals surface area contributed by atoms with Crippen molar-refractivity contribution >= 4 is 18.5 Å². The van der Waals surface area contributed by atoms with Crippen LogP contribution in [0.25, 0.3) is 0 Å². The van der Waals surface area contributed by atoms with Gasteiger partial charge in [0.2, 0.25) is 0 Å². The Labute approximate surface area is 127 Å². The molecule has 1 aliphatic carbocycles. The Hall–Kier alpha value is -1.69. The van der Waals surface area contributed by atoms with E-state index >= 15 is 0 Å². The molecule has 1 aliphatic rings. The Balaban J connectivity index is 2.14. The van der Waals surface area contributed by atoms with Gasteiger partial charge in [0.05, 0.1) is 6.10 Å². The summed E-state index contributed by atoms with van der Waals surface area (Å²) in [6.07, 6.45) is 4.85. The van der Waals surface area contributed by atoms with Gasteiger partial charge in [0.25, 0.3) is 0 Å². The molecule has 2 aromatic rings. The lowest BCUT2D eigenvalue weighted by molar-refractivity contribution is 0.229. The van der Waals surface area contributed by atoms with Gasteiger partial charge in [-0.2, -0.15) is 0 Å². The van der Waals surface area contributed by atoms with E-state index in [1.54, 1.807) is 0 Å². The monoisotopic (exact) mass is 294 g/mol. The summed E-state index contributed by atoms with van der Waals surface area (Å²) in [6, 6.07) is 21.2. The van der Waals surface area contributed by atoms with Gasteiger partial charge in [-0.25, -0.2) is 0 Å². The first-order valence-electron chi connectivity index (χ1n) is 7.25. The molecule has 1 nitrogen and oxygen atoms in total.